The zero-order valence-electron chi connectivity index (χ0n) is 9.27. The number of aromatic carboxylic acids is 1. The molecule has 0 heterocycles. The van der Waals surface area contributed by atoms with Gasteiger partial charge >= 0.3 is 5.97 Å². The van der Waals surface area contributed by atoms with Crippen molar-refractivity contribution in [3.8, 4) is 5.75 Å². The molecule has 1 atom stereocenters. The van der Waals surface area contributed by atoms with Crippen LogP contribution in [-0.4, -0.2) is 24.5 Å². The molecule has 4 heteroatoms. The summed E-state index contributed by atoms with van der Waals surface area (Å²) >= 11 is 0. The van der Waals surface area contributed by atoms with Gasteiger partial charge in [-0.2, -0.15) is 0 Å². The normalized spacial score (nSPS) is 11.9. The summed E-state index contributed by atoms with van der Waals surface area (Å²) in [5, 5.41) is 8.96. The molecule has 0 bridgehead atoms. The van der Waals surface area contributed by atoms with Crippen molar-refractivity contribution in [1.82, 2.24) is 0 Å². The molecular weight excluding hydrogens is 208 g/mol. The first-order valence-electron chi connectivity index (χ1n) is 4.94. The fourth-order valence-corrected chi connectivity index (χ4v) is 1.47. The molecule has 0 aromatic heterocycles. The van der Waals surface area contributed by atoms with Gasteiger partial charge in [0.15, 0.2) is 0 Å². The molecule has 0 aliphatic heterocycles. The number of methoxy groups -OCH3 is 1. The quantitative estimate of drug-likeness (QED) is 0.771. The second-order valence-electron chi connectivity index (χ2n) is 3.66. The lowest BCUT2D eigenvalue weighted by Crippen LogP contribution is -2.05. The van der Waals surface area contributed by atoms with Gasteiger partial charge in [0.05, 0.1) is 7.11 Å². The van der Waals surface area contributed by atoms with E-state index in [-0.39, 0.29) is 11.5 Å². The zero-order chi connectivity index (χ0) is 12.1. The minimum atomic E-state index is -1.03. The van der Waals surface area contributed by atoms with E-state index in [1.54, 1.807) is 25.1 Å². The molecular formula is C12H14O4. The van der Waals surface area contributed by atoms with E-state index in [4.69, 9.17) is 9.84 Å². The van der Waals surface area contributed by atoms with Crippen LogP contribution >= 0.6 is 0 Å². The molecule has 1 rings (SSSR count). The predicted molar refractivity (Wildman–Crippen MR) is 58.9 cm³/mol. The molecule has 1 unspecified atom stereocenters. The molecule has 16 heavy (non-hydrogen) atoms. The number of benzene rings is 1. The second kappa shape index (κ2) is 5.30. The van der Waals surface area contributed by atoms with Crippen molar-refractivity contribution >= 4 is 12.3 Å². The second-order valence-corrected chi connectivity index (χ2v) is 3.66. The molecule has 4 nitrogen and oxygen atoms in total. The Morgan fingerprint density at radius 1 is 1.56 bits per heavy atom. The molecule has 0 saturated heterocycles. The Balaban J connectivity index is 3.02. The average molecular weight is 222 g/mol. The first-order valence-corrected chi connectivity index (χ1v) is 4.94. The van der Waals surface area contributed by atoms with Crippen LogP contribution in [0.15, 0.2) is 18.2 Å². The van der Waals surface area contributed by atoms with Gasteiger partial charge in [-0.25, -0.2) is 4.79 Å². The van der Waals surface area contributed by atoms with Crippen LogP contribution in [0.25, 0.3) is 0 Å². The molecule has 0 fully saturated rings. The summed E-state index contributed by atoms with van der Waals surface area (Å²) in [6, 6.07) is 4.92. The highest BCUT2D eigenvalue weighted by Gasteiger charge is 2.12. The van der Waals surface area contributed by atoms with E-state index in [1.165, 1.54) is 7.11 Å². The van der Waals surface area contributed by atoms with Gasteiger partial charge in [0, 0.05) is 5.92 Å². The molecule has 1 N–H and O–H groups in total. The van der Waals surface area contributed by atoms with Crippen LogP contribution in [0.3, 0.4) is 0 Å². The number of hydrogen-bond donors (Lipinski definition) is 1. The van der Waals surface area contributed by atoms with Crippen LogP contribution in [0.5, 0.6) is 5.75 Å². The third-order valence-electron chi connectivity index (χ3n) is 2.28. The van der Waals surface area contributed by atoms with Crippen LogP contribution in [0.2, 0.25) is 0 Å². The van der Waals surface area contributed by atoms with Crippen molar-refractivity contribution in [2.75, 3.05) is 7.11 Å². The maximum absolute atomic E-state index is 10.9. The number of aldehydes is 1. The fourth-order valence-electron chi connectivity index (χ4n) is 1.47. The third-order valence-corrected chi connectivity index (χ3v) is 2.28. The lowest BCUT2D eigenvalue weighted by molar-refractivity contribution is -0.110. The van der Waals surface area contributed by atoms with Gasteiger partial charge in [-0.1, -0.05) is 13.0 Å². The first kappa shape index (κ1) is 12.2. The number of carboxylic acids is 1. The van der Waals surface area contributed by atoms with Crippen molar-refractivity contribution in [2.45, 2.75) is 13.3 Å². The van der Waals surface area contributed by atoms with Crippen LogP contribution in [0.1, 0.15) is 22.8 Å². The van der Waals surface area contributed by atoms with E-state index in [2.05, 4.69) is 0 Å². The number of ether oxygens (including phenoxy) is 1. The number of hydrogen-bond acceptors (Lipinski definition) is 3. The van der Waals surface area contributed by atoms with Gasteiger partial charge < -0.3 is 14.6 Å². The van der Waals surface area contributed by atoms with Gasteiger partial charge in [-0.15, -0.1) is 0 Å². The maximum Gasteiger partial charge on any atom is 0.339 e. The van der Waals surface area contributed by atoms with Gasteiger partial charge in [-0.3, -0.25) is 0 Å². The summed E-state index contributed by atoms with van der Waals surface area (Å²) in [6.07, 6.45) is 1.39. The van der Waals surface area contributed by atoms with E-state index in [1.807, 2.05) is 0 Å². The molecule has 0 spiro atoms. The van der Waals surface area contributed by atoms with Gasteiger partial charge in [-0.05, 0) is 24.1 Å². The highest BCUT2D eigenvalue weighted by molar-refractivity contribution is 5.91. The summed E-state index contributed by atoms with van der Waals surface area (Å²) in [5.74, 6) is -0.817. The van der Waals surface area contributed by atoms with Crippen molar-refractivity contribution in [2.24, 2.45) is 5.92 Å². The van der Waals surface area contributed by atoms with Gasteiger partial charge in [0.25, 0.3) is 0 Å². The van der Waals surface area contributed by atoms with E-state index in [0.29, 0.717) is 12.2 Å². The van der Waals surface area contributed by atoms with Crippen molar-refractivity contribution in [1.29, 1.82) is 0 Å². The number of carbonyl (C=O) groups is 2. The minimum absolute atomic E-state index is 0.116. The molecule has 86 valence electrons. The van der Waals surface area contributed by atoms with Crippen molar-refractivity contribution < 1.29 is 19.4 Å². The Morgan fingerprint density at radius 3 is 2.75 bits per heavy atom. The molecule has 0 amide bonds. The van der Waals surface area contributed by atoms with Crippen LogP contribution in [0.4, 0.5) is 0 Å². The van der Waals surface area contributed by atoms with Gasteiger partial charge in [0.2, 0.25) is 0 Å². The predicted octanol–water partition coefficient (Wildman–Crippen LogP) is 1.77. The topological polar surface area (TPSA) is 63.6 Å². The first-order chi connectivity index (χ1) is 7.58. The molecule has 1 aromatic carbocycles. The standard InChI is InChI=1S/C12H14O4/c1-8(7-13)5-9-3-4-11(16-2)10(6-9)12(14)15/h3-4,6-8H,5H2,1-2H3,(H,14,15). The molecule has 0 saturated carbocycles. The van der Waals surface area contributed by atoms with Crippen LogP contribution in [-0.2, 0) is 11.2 Å². The Bertz CT molecular complexity index is 398. The van der Waals surface area contributed by atoms with Crippen molar-refractivity contribution in [3.05, 3.63) is 29.3 Å². The lowest BCUT2D eigenvalue weighted by atomic mass is 10.00. The summed E-state index contributed by atoms with van der Waals surface area (Å²) < 4.78 is 4.94. The molecule has 0 aliphatic rings. The van der Waals surface area contributed by atoms with E-state index in [0.717, 1.165) is 11.8 Å². The monoisotopic (exact) mass is 222 g/mol. The molecule has 1 aromatic rings. The van der Waals surface area contributed by atoms with Crippen LogP contribution in [0, 0.1) is 5.92 Å². The molecule has 0 radical (unpaired) electrons. The van der Waals surface area contributed by atoms with E-state index < -0.39 is 5.97 Å². The highest BCUT2D eigenvalue weighted by Crippen LogP contribution is 2.21. The fraction of sp³-hybridized carbons (Fsp3) is 0.333. The Morgan fingerprint density at radius 2 is 2.25 bits per heavy atom. The Hall–Kier alpha value is -1.84. The largest absolute Gasteiger partial charge is 0.496 e. The van der Waals surface area contributed by atoms with Gasteiger partial charge in [0.1, 0.15) is 17.6 Å². The summed E-state index contributed by atoms with van der Waals surface area (Å²) in [4.78, 5) is 21.4. The van der Waals surface area contributed by atoms with Crippen LogP contribution < -0.4 is 4.74 Å². The smallest absolute Gasteiger partial charge is 0.339 e. The SMILES string of the molecule is COc1ccc(CC(C)C=O)cc1C(=O)O. The lowest BCUT2D eigenvalue weighted by Gasteiger charge is -2.08. The highest BCUT2D eigenvalue weighted by atomic mass is 16.5. The van der Waals surface area contributed by atoms with Crippen molar-refractivity contribution in [3.63, 3.8) is 0 Å². The minimum Gasteiger partial charge on any atom is -0.496 e. The summed E-state index contributed by atoms with van der Waals surface area (Å²) in [5.41, 5.74) is 0.941. The van der Waals surface area contributed by atoms with E-state index >= 15 is 0 Å². The summed E-state index contributed by atoms with van der Waals surface area (Å²) in [6.45, 7) is 1.79. The number of carbonyl (C=O) groups excluding carboxylic acids is 1. The molecule has 0 aliphatic carbocycles. The Labute approximate surface area is 93.9 Å². The third kappa shape index (κ3) is 2.82. The average Bonchev–Trinajstić information content (AvgIpc) is 2.28. The number of carboxylic acid groups (broad SMARTS) is 1. The van der Waals surface area contributed by atoms with E-state index in [9.17, 15) is 9.59 Å². The Kier molecular flexibility index (Phi) is 4.05. The zero-order valence-corrected chi connectivity index (χ0v) is 9.27. The number of rotatable bonds is 5. The maximum atomic E-state index is 10.9. The summed E-state index contributed by atoms with van der Waals surface area (Å²) in [7, 11) is 1.43.